The van der Waals surface area contributed by atoms with E-state index in [1.165, 1.54) is 61.2 Å². The zero-order valence-corrected chi connectivity index (χ0v) is 32.4. The average Bonchev–Trinajstić information content (AvgIpc) is 3.56. The van der Waals surface area contributed by atoms with E-state index >= 15 is 0 Å². The maximum Gasteiger partial charge on any atom is 0.164 e. The lowest BCUT2D eigenvalue weighted by Gasteiger charge is -2.46. The first kappa shape index (κ1) is 33.6. The first-order valence-electron chi connectivity index (χ1n) is 20.0. The lowest BCUT2D eigenvalue weighted by atomic mass is 9.55. The number of fused-ring (bicyclic) bond motifs is 10. The predicted molar refractivity (Wildman–Crippen MR) is 233 cm³/mol. The summed E-state index contributed by atoms with van der Waals surface area (Å²) in [5.41, 5.74) is 16.3. The lowest BCUT2D eigenvalue weighted by molar-refractivity contribution is 0.527. The molecule has 0 aliphatic heterocycles. The lowest BCUT2D eigenvalue weighted by Crippen LogP contribution is -2.40. The summed E-state index contributed by atoms with van der Waals surface area (Å²) in [6, 6.07) is 52.7. The van der Waals surface area contributed by atoms with Gasteiger partial charge in [-0.2, -0.15) is 0 Å². The Morgan fingerprint density at radius 2 is 1.07 bits per heavy atom. The number of aromatic nitrogens is 3. The highest BCUT2D eigenvalue weighted by Gasteiger charge is 2.54. The fourth-order valence-electron chi connectivity index (χ4n) is 10.1. The van der Waals surface area contributed by atoms with Crippen LogP contribution in [-0.2, 0) is 10.8 Å². The summed E-state index contributed by atoms with van der Waals surface area (Å²) >= 11 is 0. The summed E-state index contributed by atoms with van der Waals surface area (Å²) < 4.78 is 0. The molecule has 6 aromatic carbocycles. The fraction of sp³-hybridized carbons (Fsp3) is 0.130. The van der Waals surface area contributed by atoms with E-state index in [4.69, 9.17) is 15.0 Å². The van der Waals surface area contributed by atoms with Crippen LogP contribution in [0.2, 0.25) is 0 Å². The van der Waals surface area contributed by atoms with Gasteiger partial charge in [-0.15, -0.1) is 0 Å². The first-order valence-corrected chi connectivity index (χ1v) is 20.0. The standard InChI is InChI=1S/C54H41N3/c1-52(2)43-23-10-12-25-45(43)54(46-26-13-11-24-44(46)52)42-29-28-37(38-30-32-53(3)31-15-14-21-39(53)33-38)34-41(42)48-40(22-16-27-47(48)54)51-56-49(35-17-6-4-7-18-35)55-50(57-51)36-19-8-5-9-20-36/h4-30,32-34H,31H2,1-3H3. The van der Waals surface area contributed by atoms with Crippen LogP contribution in [0.25, 0.3) is 50.9 Å². The van der Waals surface area contributed by atoms with Crippen molar-refractivity contribution in [3.8, 4) is 45.3 Å². The zero-order valence-electron chi connectivity index (χ0n) is 32.4. The van der Waals surface area contributed by atoms with Gasteiger partial charge in [0.15, 0.2) is 17.5 Å². The second-order valence-corrected chi connectivity index (χ2v) is 16.6. The molecule has 1 unspecified atom stereocenters. The van der Waals surface area contributed by atoms with Gasteiger partial charge in [-0.3, -0.25) is 0 Å². The van der Waals surface area contributed by atoms with E-state index in [0.717, 1.165) is 23.1 Å². The summed E-state index contributed by atoms with van der Waals surface area (Å²) in [6.07, 6.45) is 14.9. The largest absolute Gasteiger partial charge is 0.208 e. The third-order valence-corrected chi connectivity index (χ3v) is 13.0. The van der Waals surface area contributed by atoms with E-state index in [2.05, 4.69) is 166 Å². The molecular formula is C54H41N3. The summed E-state index contributed by atoms with van der Waals surface area (Å²) in [7, 11) is 0. The second-order valence-electron chi connectivity index (χ2n) is 16.6. The molecular weight excluding hydrogens is 691 g/mol. The number of allylic oxidation sites excluding steroid dienone is 8. The molecule has 0 saturated heterocycles. The molecule has 7 aromatic rings. The van der Waals surface area contributed by atoms with Gasteiger partial charge < -0.3 is 0 Å². The van der Waals surface area contributed by atoms with Crippen molar-refractivity contribution < 1.29 is 0 Å². The Hall–Kier alpha value is -6.71. The third-order valence-electron chi connectivity index (χ3n) is 13.0. The van der Waals surface area contributed by atoms with Crippen molar-refractivity contribution in [3.63, 3.8) is 0 Å². The van der Waals surface area contributed by atoms with Crippen LogP contribution in [0, 0.1) is 5.41 Å². The quantitative estimate of drug-likeness (QED) is 0.181. The summed E-state index contributed by atoms with van der Waals surface area (Å²) in [5, 5.41) is 0. The van der Waals surface area contributed by atoms with Crippen LogP contribution in [0.4, 0.5) is 0 Å². The Bertz CT molecular complexity index is 2800. The van der Waals surface area contributed by atoms with Crippen LogP contribution >= 0.6 is 0 Å². The molecule has 4 aliphatic carbocycles. The molecule has 0 fully saturated rings. The van der Waals surface area contributed by atoms with Crippen LogP contribution in [0.15, 0.2) is 188 Å². The predicted octanol–water partition coefficient (Wildman–Crippen LogP) is 12.7. The van der Waals surface area contributed by atoms with E-state index in [1.807, 2.05) is 36.4 Å². The molecule has 1 heterocycles. The van der Waals surface area contributed by atoms with Crippen molar-refractivity contribution >= 4 is 5.57 Å². The Morgan fingerprint density at radius 3 is 1.72 bits per heavy atom. The highest BCUT2D eigenvalue weighted by atomic mass is 15.0. The van der Waals surface area contributed by atoms with Gasteiger partial charge in [0, 0.05) is 27.5 Å². The minimum absolute atomic E-state index is 0.0206. The van der Waals surface area contributed by atoms with Gasteiger partial charge in [0.2, 0.25) is 0 Å². The maximum atomic E-state index is 5.30. The van der Waals surface area contributed by atoms with E-state index in [9.17, 15) is 0 Å². The first-order chi connectivity index (χ1) is 27.9. The van der Waals surface area contributed by atoms with Crippen LogP contribution in [0.3, 0.4) is 0 Å². The number of hydrogen-bond donors (Lipinski definition) is 0. The number of benzene rings is 6. The molecule has 1 aromatic heterocycles. The molecule has 3 nitrogen and oxygen atoms in total. The Morgan fingerprint density at radius 1 is 0.491 bits per heavy atom. The van der Waals surface area contributed by atoms with Gasteiger partial charge in [0.05, 0.1) is 5.41 Å². The van der Waals surface area contributed by atoms with Gasteiger partial charge in [0.1, 0.15) is 0 Å². The summed E-state index contributed by atoms with van der Waals surface area (Å²) in [5.74, 6) is 1.98. The number of nitrogens with zero attached hydrogens (tertiary/aromatic N) is 3. The molecule has 0 radical (unpaired) electrons. The normalized spacial score (nSPS) is 18.8. The zero-order chi connectivity index (χ0) is 38.4. The van der Waals surface area contributed by atoms with E-state index < -0.39 is 5.41 Å². The molecule has 3 heteroatoms. The van der Waals surface area contributed by atoms with Crippen molar-refractivity contribution in [2.75, 3.05) is 0 Å². The molecule has 0 saturated carbocycles. The summed E-state index contributed by atoms with van der Waals surface area (Å²) in [4.78, 5) is 15.7. The Balaban J connectivity index is 1.23. The monoisotopic (exact) mass is 731 g/mol. The molecule has 272 valence electrons. The topological polar surface area (TPSA) is 38.7 Å². The third kappa shape index (κ3) is 4.88. The van der Waals surface area contributed by atoms with Crippen LogP contribution in [0.1, 0.15) is 66.1 Å². The SMILES string of the molecule is CC12C=CC(c3ccc4c(c3)-c3c(-c5nc(-c6ccccc6)nc(-c6ccccc6)n5)cccc3C43c4ccccc4C(C)(C)c4ccccc43)=CC1=CC=CC2. The van der Waals surface area contributed by atoms with Crippen LogP contribution in [-0.4, -0.2) is 15.0 Å². The van der Waals surface area contributed by atoms with Crippen molar-refractivity contribution in [1.29, 1.82) is 0 Å². The minimum atomic E-state index is -0.550. The molecule has 0 bridgehead atoms. The van der Waals surface area contributed by atoms with Gasteiger partial charge in [-0.1, -0.05) is 197 Å². The van der Waals surface area contributed by atoms with Crippen LogP contribution < -0.4 is 0 Å². The van der Waals surface area contributed by atoms with Crippen molar-refractivity contribution in [1.82, 2.24) is 15.0 Å². The number of hydrogen-bond acceptors (Lipinski definition) is 3. The van der Waals surface area contributed by atoms with Gasteiger partial charge in [-0.25, -0.2) is 15.0 Å². The van der Waals surface area contributed by atoms with E-state index in [0.29, 0.717) is 17.5 Å². The van der Waals surface area contributed by atoms with Gasteiger partial charge in [-0.05, 0) is 73.7 Å². The molecule has 4 aliphatic rings. The highest BCUT2D eigenvalue weighted by Crippen LogP contribution is 2.63. The Labute approximate surface area is 334 Å². The molecule has 11 rings (SSSR count). The molecule has 57 heavy (non-hydrogen) atoms. The molecule has 0 N–H and O–H groups in total. The van der Waals surface area contributed by atoms with Gasteiger partial charge >= 0.3 is 0 Å². The Kier molecular flexibility index (Phi) is 7.31. The number of rotatable bonds is 4. The molecule has 0 amide bonds. The highest BCUT2D eigenvalue weighted by molar-refractivity contribution is 5.97. The molecule has 1 spiro atoms. The van der Waals surface area contributed by atoms with E-state index in [-0.39, 0.29) is 10.8 Å². The van der Waals surface area contributed by atoms with Crippen molar-refractivity contribution in [2.45, 2.75) is 38.0 Å². The van der Waals surface area contributed by atoms with Crippen molar-refractivity contribution in [3.05, 3.63) is 227 Å². The fourth-order valence-corrected chi connectivity index (χ4v) is 10.1. The average molecular weight is 732 g/mol. The van der Waals surface area contributed by atoms with E-state index in [1.54, 1.807) is 0 Å². The van der Waals surface area contributed by atoms with Gasteiger partial charge in [0.25, 0.3) is 0 Å². The van der Waals surface area contributed by atoms with Crippen molar-refractivity contribution in [2.24, 2.45) is 5.41 Å². The molecule has 1 atom stereocenters. The second kappa shape index (κ2) is 12.4. The maximum absolute atomic E-state index is 5.30. The van der Waals surface area contributed by atoms with Crippen LogP contribution in [0.5, 0.6) is 0 Å². The smallest absolute Gasteiger partial charge is 0.164 e. The summed E-state index contributed by atoms with van der Waals surface area (Å²) in [6.45, 7) is 7.09. The minimum Gasteiger partial charge on any atom is -0.208 e.